The van der Waals surface area contributed by atoms with E-state index in [0.29, 0.717) is 12.0 Å². The molecule has 1 aromatic carbocycles. The molecular weight excluding hydrogens is 280 g/mol. The Bertz CT molecular complexity index is 416. The Morgan fingerprint density at radius 1 is 1.53 bits per heavy atom. The summed E-state index contributed by atoms with van der Waals surface area (Å²) >= 11 is 3.48. The van der Waals surface area contributed by atoms with Gasteiger partial charge in [-0.1, -0.05) is 28.1 Å². The van der Waals surface area contributed by atoms with E-state index in [1.54, 1.807) is 0 Å². The topological polar surface area (TPSA) is 55.1 Å². The molecular formula is C13H17BrN2O. The van der Waals surface area contributed by atoms with Crippen LogP contribution in [0.2, 0.25) is 0 Å². The lowest BCUT2D eigenvalue weighted by Crippen LogP contribution is -2.49. The van der Waals surface area contributed by atoms with Gasteiger partial charge in [-0.2, -0.15) is 0 Å². The number of nitrogens with two attached hydrogens (primary N) is 1. The van der Waals surface area contributed by atoms with E-state index in [1.807, 2.05) is 13.0 Å². The lowest BCUT2D eigenvalue weighted by Gasteiger charge is -2.37. The zero-order valence-corrected chi connectivity index (χ0v) is 11.4. The first-order valence-electron chi connectivity index (χ1n) is 5.87. The lowest BCUT2D eigenvalue weighted by atomic mass is 9.75. The molecule has 1 aliphatic carbocycles. The number of carbonyl (C=O) groups excluding carboxylic acids is 1. The number of nitrogens with one attached hydrogen (secondary N) is 1. The second kappa shape index (κ2) is 5.19. The standard InChI is InChI=1S/C13H17BrN2O/c1-8(13(15)17)16-12-6-10(7-12)9-3-2-4-11(14)5-9/h2-5,8,10,12,16H,6-7H2,1H3,(H2,15,17). The Hall–Kier alpha value is -0.870. The lowest BCUT2D eigenvalue weighted by molar-refractivity contribution is -0.120. The maximum atomic E-state index is 10.9. The maximum absolute atomic E-state index is 10.9. The summed E-state index contributed by atoms with van der Waals surface area (Å²) in [5.41, 5.74) is 6.59. The molecule has 0 spiro atoms. The zero-order valence-electron chi connectivity index (χ0n) is 9.82. The van der Waals surface area contributed by atoms with Crippen molar-refractivity contribution in [1.29, 1.82) is 0 Å². The van der Waals surface area contributed by atoms with Crippen molar-refractivity contribution >= 4 is 21.8 Å². The van der Waals surface area contributed by atoms with Crippen molar-refractivity contribution in [2.24, 2.45) is 5.73 Å². The highest BCUT2D eigenvalue weighted by Gasteiger charge is 2.31. The molecule has 17 heavy (non-hydrogen) atoms. The molecule has 2 rings (SSSR count). The average molecular weight is 297 g/mol. The quantitative estimate of drug-likeness (QED) is 0.895. The Kier molecular flexibility index (Phi) is 3.84. The van der Waals surface area contributed by atoms with Crippen molar-refractivity contribution < 1.29 is 4.79 Å². The van der Waals surface area contributed by atoms with Crippen LogP contribution in [0.15, 0.2) is 28.7 Å². The van der Waals surface area contributed by atoms with Gasteiger partial charge in [0.2, 0.25) is 5.91 Å². The Labute approximate surface area is 110 Å². The first-order valence-corrected chi connectivity index (χ1v) is 6.66. The van der Waals surface area contributed by atoms with Crippen molar-refractivity contribution in [3.8, 4) is 0 Å². The summed E-state index contributed by atoms with van der Waals surface area (Å²) in [6, 6.07) is 8.60. The summed E-state index contributed by atoms with van der Waals surface area (Å²) in [6.45, 7) is 1.81. The Morgan fingerprint density at radius 3 is 2.82 bits per heavy atom. The molecule has 3 N–H and O–H groups in total. The SMILES string of the molecule is CC(NC1CC(c2cccc(Br)c2)C1)C(N)=O. The second-order valence-electron chi connectivity index (χ2n) is 4.71. The highest BCUT2D eigenvalue weighted by molar-refractivity contribution is 9.10. The summed E-state index contributed by atoms with van der Waals surface area (Å²) in [6.07, 6.45) is 2.15. The minimum Gasteiger partial charge on any atom is -0.368 e. The van der Waals surface area contributed by atoms with Gasteiger partial charge in [-0.3, -0.25) is 4.79 Å². The molecule has 3 nitrogen and oxygen atoms in total. The van der Waals surface area contributed by atoms with E-state index in [2.05, 4.69) is 39.4 Å². The predicted octanol–water partition coefficient (Wildman–Crippen LogP) is 2.16. The first kappa shape index (κ1) is 12.6. The molecule has 1 atom stereocenters. The van der Waals surface area contributed by atoms with E-state index in [1.165, 1.54) is 5.56 Å². The average Bonchev–Trinajstić information content (AvgIpc) is 2.22. The summed E-state index contributed by atoms with van der Waals surface area (Å²) in [7, 11) is 0. The number of primary amides is 1. The van der Waals surface area contributed by atoms with Crippen LogP contribution in [0.1, 0.15) is 31.2 Å². The van der Waals surface area contributed by atoms with Crippen LogP contribution in [0, 0.1) is 0 Å². The van der Waals surface area contributed by atoms with Gasteiger partial charge in [0.15, 0.2) is 0 Å². The van der Waals surface area contributed by atoms with Gasteiger partial charge in [-0.25, -0.2) is 0 Å². The van der Waals surface area contributed by atoms with Crippen molar-refractivity contribution in [3.63, 3.8) is 0 Å². The zero-order chi connectivity index (χ0) is 12.4. The number of hydrogen-bond acceptors (Lipinski definition) is 2. The molecule has 0 aliphatic heterocycles. The van der Waals surface area contributed by atoms with E-state index in [0.717, 1.165) is 17.3 Å². The van der Waals surface area contributed by atoms with Crippen LogP contribution in [0.3, 0.4) is 0 Å². The van der Waals surface area contributed by atoms with Gasteiger partial charge in [0.05, 0.1) is 6.04 Å². The van der Waals surface area contributed by atoms with Crippen molar-refractivity contribution in [2.45, 2.75) is 37.8 Å². The van der Waals surface area contributed by atoms with Crippen molar-refractivity contribution in [3.05, 3.63) is 34.3 Å². The fourth-order valence-electron chi connectivity index (χ4n) is 2.22. The fraction of sp³-hybridized carbons (Fsp3) is 0.462. The molecule has 1 aromatic rings. The number of halogens is 1. The van der Waals surface area contributed by atoms with Crippen LogP contribution >= 0.6 is 15.9 Å². The van der Waals surface area contributed by atoms with Crippen molar-refractivity contribution in [2.75, 3.05) is 0 Å². The minimum atomic E-state index is -0.282. The van der Waals surface area contributed by atoms with Crippen LogP contribution in [0.25, 0.3) is 0 Å². The highest BCUT2D eigenvalue weighted by atomic mass is 79.9. The highest BCUT2D eigenvalue weighted by Crippen LogP contribution is 2.37. The third kappa shape index (κ3) is 3.07. The van der Waals surface area contributed by atoms with Crippen LogP contribution in [-0.2, 0) is 4.79 Å². The normalized spacial score (nSPS) is 25.1. The Balaban J connectivity index is 1.85. The maximum Gasteiger partial charge on any atom is 0.234 e. The molecule has 0 aromatic heterocycles. The molecule has 0 saturated heterocycles. The van der Waals surface area contributed by atoms with Gasteiger partial charge in [0, 0.05) is 10.5 Å². The van der Waals surface area contributed by atoms with Gasteiger partial charge in [-0.15, -0.1) is 0 Å². The molecule has 0 heterocycles. The molecule has 1 fully saturated rings. The van der Waals surface area contributed by atoms with Gasteiger partial charge in [-0.05, 0) is 43.4 Å². The van der Waals surface area contributed by atoms with E-state index in [9.17, 15) is 4.79 Å². The molecule has 1 saturated carbocycles. The molecule has 92 valence electrons. The largest absolute Gasteiger partial charge is 0.368 e. The fourth-order valence-corrected chi connectivity index (χ4v) is 2.64. The number of rotatable bonds is 4. The molecule has 1 aliphatic rings. The van der Waals surface area contributed by atoms with E-state index >= 15 is 0 Å². The predicted molar refractivity (Wildman–Crippen MR) is 71.7 cm³/mol. The van der Waals surface area contributed by atoms with Gasteiger partial charge in [0.1, 0.15) is 0 Å². The smallest absolute Gasteiger partial charge is 0.234 e. The minimum absolute atomic E-state index is 0.233. The van der Waals surface area contributed by atoms with Crippen LogP contribution in [0.5, 0.6) is 0 Å². The number of benzene rings is 1. The van der Waals surface area contributed by atoms with Crippen LogP contribution < -0.4 is 11.1 Å². The summed E-state index contributed by atoms with van der Waals surface area (Å²) in [4.78, 5) is 10.9. The van der Waals surface area contributed by atoms with Crippen LogP contribution in [0.4, 0.5) is 0 Å². The molecule has 0 bridgehead atoms. The molecule has 1 amide bonds. The third-order valence-electron chi connectivity index (χ3n) is 3.37. The number of amides is 1. The molecule has 1 unspecified atom stereocenters. The van der Waals surface area contributed by atoms with Crippen molar-refractivity contribution in [1.82, 2.24) is 5.32 Å². The Morgan fingerprint density at radius 2 is 2.24 bits per heavy atom. The van der Waals surface area contributed by atoms with Gasteiger partial charge >= 0.3 is 0 Å². The first-order chi connectivity index (χ1) is 8.06. The summed E-state index contributed by atoms with van der Waals surface area (Å²) in [5.74, 6) is 0.320. The number of carbonyl (C=O) groups is 1. The number of hydrogen-bond donors (Lipinski definition) is 2. The third-order valence-corrected chi connectivity index (χ3v) is 3.86. The van der Waals surface area contributed by atoms with Crippen LogP contribution in [-0.4, -0.2) is 18.0 Å². The van der Waals surface area contributed by atoms with E-state index < -0.39 is 0 Å². The van der Waals surface area contributed by atoms with Gasteiger partial charge < -0.3 is 11.1 Å². The van der Waals surface area contributed by atoms with Gasteiger partial charge in [0.25, 0.3) is 0 Å². The molecule has 4 heteroatoms. The summed E-state index contributed by atoms with van der Waals surface area (Å²) < 4.78 is 1.12. The molecule has 0 radical (unpaired) electrons. The van der Waals surface area contributed by atoms with E-state index in [-0.39, 0.29) is 11.9 Å². The monoisotopic (exact) mass is 296 g/mol. The van der Waals surface area contributed by atoms with E-state index in [4.69, 9.17) is 5.73 Å². The summed E-state index contributed by atoms with van der Waals surface area (Å²) in [5, 5.41) is 3.24. The second-order valence-corrected chi connectivity index (χ2v) is 5.63.